The molecule has 1 aromatic rings. The van der Waals surface area contributed by atoms with Crippen LogP contribution in [-0.2, 0) is 0 Å². The maximum Gasteiger partial charge on any atom is 0.0390 e. The Balaban J connectivity index is 2.03. The summed E-state index contributed by atoms with van der Waals surface area (Å²) in [5.74, 6) is 0.904. The molecule has 2 heteroatoms. The van der Waals surface area contributed by atoms with Crippen LogP contribution in [0.1, 0.15) is 18.4 Å². The predicted octanol–water partition coefficient (Wildman–Crippen LogP) is 2.40. The van der Waals surface area contributed by atoms with Crippen LogP contribution in [-0.4, -0.2) is 6.54 Å². The molecule has 70 valence electrons. The highest BCUT2D eigenvalue weighted by Crippen LogP contribution is 2.29. The van der Waals surface area contributed by atoms with Gasteiger partial charge in [-0.1, -0.05) is 6.07 Å². The number of benzene rings is 1. The summed E-state index contributed by atoms with van der Waals surface area (Å²) < 4.78 is 0. The van der Waals surface area contributed by atoms with Crippen molar-refractivity contribution in [2.75, 3.05) is 17.6 Å². The van der Waals surface area contributed by atoms with E-state index in [-0.39, 0.29) is 0 Å². The van der Waals surface area contributed by atoms with Gasteiger partial charge in [-0.2, -0.15) is 0 Å². The van der Waals surface area contributed by atoms with Crippen molar-refractivity contribution in [3.63, 3.8) is 0 Å². The summed E-state index contributed by atoms with van der Waals surface area (Å²) >= 11 is 0. The van der Waals surface area contributed by atoms with E-state index in [0.717, 1.165) is 18.2 Å². The Kier molecular flexibility index (Phi) is 2.13. The zero-order valence-electron chi connectivity index (χ0n) is 8.01. The molecule has 0 aromatic heterocycles. The summed E-state index contributed by atoms with van der Waals surface area (Å²) in [7, 11) is 0. The number of hydrogen-bond acceptors (Lipinski definition) is 2. The minimum absolute atomic E-state index is 0.837. The van der Waals surface area contributed by atoms with Crippen LogP contribution in [0.2, 0.25) is 0 Å². The molecule has 1 aliphatic carbocycles. The summed E-state index contributed by atoms with van der Waals surface area (Å²) in [6.07, 6.45) is 2.77. The highest BCUT2D eigenvalue weighted by molar-refractivity contribution is 5.59. The van der Waals surface area contributed by atoms with Crippen LogP contribution in [0, 0.1) is 12.8 Å². The van der Waals surface area contributed by atoms with E-state index in [1.165, 1.54) is 24.1 Å². The van der Waals surface area contributed by atoms with Crippen molar-refractivity contribution in [2.24, 2.45) is 5.92 Å². The van der Waals surface area contributed by atoms with E-state index in [4.69, 9.17) is 5.73 Å². The molecule has 1 aliphatic rings. The number of nitrogens with two attached hydrogens (primary N) is 1. The SMILES string of the molecule is Cc1ccc(N)cc1NCC1CC1. The highest BCUT2D eigenvalue weighted by Gasteiger charge is 2.20. The molecule has 3 N–H and O–H groups in total. The summed E-state index contributed by atoms with van der Waals surface area (Å²) in [5, 5.41) is 3.44. The van der Waals surface area contributed by atoms with E-state index in [0.29, 0.717) is 0 Å². The van der Waals surface area contributed by atoms with Crippen molar-refractivity contribution in [1.29, 1.82) is 0 Å². The largest absolute Gasteiger partial charge is 0.399 e. The molecular weight excluding hydrogens is 160 g/mol. The summed E-state index contributed by atoms with van der Waals surface area (Å²) in [6.45, 7) is 3.21. The quantitative estimate of drug-likeness (QED) is 0.694. The summed E-state index contributed by atoms with van der Waals surface area (Å²) in [5.41, 5.74) is 9.01. The van der Waals surface area contributed by atoms with Crippen molar-refractivity contribution in [1.82, 2.24) is 0 Å². The van der Waals surface area contributed by atoms with Gasteiger partial charge in [-0.15, -0.1) is 0 Å². The van der Waals surface area contributed by atoms with E-state index in [1.54, 1.807) is 0 Å². The molecular formula is C11H16N2. The number of nitrogen functional groups attached to an aromatic ring is 1. The van der Waals surface area contributed by atoms with Gasteiger partial charge in [-0.05, 0) is 43.4 Å². The first-order chi connectivity index (χ1) is 6.25. The van der Waals surface area contributed by atoms with E-state index in [1.807, 2.05) is 12.1 Å². The first kappa shape index (κ1) is 8.42. The molecule has 1 fully saturated rings. The van der Waals surface area contributed by atoms with Gasteiger partial charge in [0.05, 0.1) is 0 Å². The first-order valence-corrected chi connectivity index (χ1v) is 4.86. The zero-order valence-corrected chi connectivity index (χ0v) is 8.01. The second-order valence-corrected chi connectivity index (χ2v) is 3.90. The molecule has 1 aromatic carbocycles. The van der Waals surface area contributed by atoms with E-state index in [9.17, 15) is 0 Å². The molecule has 1 saturated carbocycles. The molecule has 0 heterocycles. The number of aryl methyl sites for hydroxylation is 1. The fourth-order valence-electron chi connectivity index (χ4n) is 1.41. The standard InChI is InChI=1S/C11H16N2/c1-8-2-5-10(12)6-11(8)13-7-9-3-4-9/h2,5-6,9,13H,3-4,7,12H2,1H3. The summed E-state index contributed by atoms with van der Waals surface area (Å²) in [6, 6.07) is 6.01. The second-order valence-electron chi connectivity index (χ2n) is 3.90. The molecule has 13 heavy (non-hydrogen) atoms. The third-order valence-electron chi connectivity index (χ3n) is 2.54. The fourth-order valence-corrected chi connectivity index (χ4v) is 1.41. The minimum Gasteiger partial charge on any atom is -0.399 e. The van der Waals surface area contributed by atoms with Crippen LogP contribution in [0.4, 0.5) is 11.4 Å². The lowest BCUT2D eigenvalue weighted by molar-refractivity contribution is 0.888. The fraction of sp³-hybridized carbons (Fsp3) is 0.455. The molecule has 2 nitrogen and oxygen atoms in total. The number of nitrogens with one attached hydrogen (secondary N) is 1. The smallest absolute Gasteiger partial charge is 0.0390 e. The van der Waals surface area contributed by atoms with Gasteiger partial charge in [-0.3, -0.25) is 0 Å². The van der Waals surface area contributed by atoms with Crippen LogP contribution < -0.4 is 11.1 Å². The molecule has 0 atom stereocenters. The van der Waals surface area contributed by atoms with Crippen LogP contribution >= 0.6 is 0 Å². The van der Waals surface area contributed by atoms with Crippen LogP contribution in [0.15, 0.2) is 18.2 Å². The Labute approximate surface area is 79.1 Å². The Morgan fingerprint density at radius 3 is 2.92 bits per heavy atom. The lowest BCUT2D eigenvalue weighted by atomic mass is 10.2. The van der Waals surface area contributed by atoms with E-state index < -0.39 is 0 Å². The molecule has 0 unspecified atom stereocenters. The molecule has 0 aliphatic heterocycles. The van der Waals surface area contributed by atoms with Crippen molar-refractivity contribution in [2.45, 2.75) is 19.8 Å². The third-order valence-corrected chi connectivity index (χ3v) is 2.54. The second kappa shape index (κ2) is 3.29. The van der Waals surface area contributed by atoms with E-state index in [2.05, 4.69) is 18.3 Å². The first-order valence-electron chi connectivity index (χ1n) is 4.86. The Morgan fingerprint density at radius 1 is 1.46 bits per heavy atom. The number of rotatable bonds is 3. The zero-order chi connectivity index (χ0) is 9.26. The maximum atomic E-state index is 5.71. The molecule has 0 spiro atoms. The minimum atomic E-state index is 0.837. The van der Waals surface area contributed by atoms with Crippen LogP contribution in [0.5, 0.6) is 0 Å². The molecule has 0 amide bonds. The van der Waals surface area contributed by atoms with Crippen molar-refractivity contribution in [3.8, 4) is 0 Å². The van der Waals surface area contributed by atoms with Gasteiger partial charge in [0.2, 0.25) is 0 Å². The predicted molar refractivity (Wildman–Crippen MR) is 56.8 cm³/mol. The van der Waals surface area contributed by atoms with Gasteiger partial charge in [0.15, 0.2) is 0 Å². The average Bonchev–Trinajstić information content (AvgIpc) is 2.90. The maximum absolute atomic E-state index is 5.71. The molecule has 2 rings (SSSR count). The van der Waals surface area contributed by atoms with Crippen molar-refractivity contribution >= 4 is 11.4 Å². The Hall–Kier alpha value is -1.18. The Bertz CT molecular complexity index is 303. The third kappa shape index (κ3) is 2.14. The van der Waals surface area contributed by atoms with Gasteiger partial charge in [-0.25, -0.2) is 0 Å². The van der Waals surface area contributed by atoms with Gasteiger partial charge >= 0.3 is 0 Å². The average molecular weight is 176 g/mol. The van der Waals surface area contributed by atoms with Crippen molar-refractivity contribution in [3.05, 3.63) is 23.8 Å². The number of anilines is 2. The normalized spacial score (nSPS) is 15.8. The Morgan fingerprint density at radius 2 is 2.23 bits per heavy atom. The van der Waals surface area contributed by atoms with E-state index >= 15 is 0 Å². The van der Waals surface area contributed by atoms with Crippen LogP contribution in [0.25, 0.3) is 0 Å². The lowest BCUT2D eigenvalue weighted by Crippen LogP contribution is -2.04. The van der Waals surface area contributed by atoms with Gasteiger partial charge in [0.1, 0.15) is 0 Å². The van der Waals surface area contributed by atoms with Crippen LogP contribution in [0.3, 0.4) is 0 Å². The molecule has 0 saturated heterocycles. The van der Waals surface area contributed by atoms with Gasteiger partial charge in [0.25, 0.3) is 0 Å². The van der Waals surface area contributed by atoms with Gasteiger partial charge < -0.3 is 11.1 Å². The van der Waals surface area contributed by atoms with Crippen molar-refractivity contribution < 1.29 is 0 Å². The highest BCUT2D eigenvalue weighted by atomic mass is 14.9. The molecule has 0 bridgehead atoms. The topological polar surface area (TPSA) is 38.0 Å². The van der Waals surface area contributed by atoms with Gasteiger partial charge in [0, 0.05) is 17.9 Å². The monoisotopic (exact) mass is 176 g/mol. The summed E-state index contributed by atoms with van der Waals surface area (Å²) in [4.78, 5) is 0. The molecule has 0 radical (unpaired) electrons. The number of hydrogen-bond donors (Lipinski definition) is 2. The lowest BCUT2D eigenvalue weighted by Gasteiger charge is -2.09.